The number of rotatable bonds is 7. The van der Waals surface area contributed by atoms with Crippen molar-refractivity contribution in [1.82, 2.24) is 9.97 Å². The van der Waals surface area contributed by atoms with Crippen LogP contribution in [0.1, 0.15) is 33.6 Å². The normalized spacial score (nSPS) is 12.6. The summed E-state index contributed by atoms with van der Waals surface area (Å²) in [5, 5.41) is 12.2. The molecule has 7 heteroatoms. The fraction of sp³-hybridized carbons (Fsp3) is 0.643. The smallest absolute Gasteiger partial charge is 0.326 e. The van der Waals surface area contributed by atoms with Gasteiger partial charge in [0, 0.05) is 6.07 Å². The summed E-state index contributed by atoms with van der Waals surface area (Å²) in [5.41, 5.74) is 0.0659. The van der Waals surface area contributed by atoms with Crippen molar-refractivity contribution in [3.05, 3.63) is 6.07 Å². The average molecular weight is 297 g/mol. The molecule has 1 aromatic heterocycles. The Kier molecular flexibility index (Phi) is 5.75. The second kappa shape index (κ2) is 7.10. The van der Waals surface area contributed by atoms with Crippen molar-refractivity contribution in [2.75, 3.05) is 19.5 Å². The molecule has 1 heterocycles. The minimum absolute atomic E-state index is 0.0659. The van der Waals surface area contributed by atoms with Crippen molar-refractivity contribution >= 4 is 11.8 Å². The Balaban J connectivity index is 2.86. The van der Waals surface area contributed by atoms with E-state index in [-0.39, 0.29) is 11.4 Å². The molecule has 0 bridgehead atoms. The van der Waals surface area contributed by atoms with Crippen LogP contribution in [0.15, 0.2) is 6.07 Å². The number of ether oxygens (including phenoxy) is 2. The number of carboxylic acids is 1. The molecule has 0 aromatic carbocycles. The van der Waals surface area contributed by atoms with Crippen LogP contribution in [0.3, 0.4) is 0 Å². The van der Waals surface area contributed by atoms with Crippen molar-refractivity contribution in [3.63, 3.8) is 0 Å². The molecule has 0 aliphatic heterocycles. The lowest BCUT2D eigenvalue weighted by atomic mass is 9.88. The van der Waals surface area contributed by atoms with Gasteiger partial charge in [-0.25, -0.2) is 4.79 Å². The molecular weight excluding hydrogens is 274 g/mol. The molecule has 2 N–H and O–H groups in total. The zero-order valence-corrected chi connectivity index (χ0v) is 13.1. The molecule has 0 unspecified atom stereocenters. The monoisotopic (exact) mass is 297 g/mol. The second-order valence-corrected chi connectivity index (χ2v) is 5.92. The van der Waals surface area contributed by atoms with Crippen LogP contribution in [-0.4, -0.2) is 41.3 Å². The Morgan fingerprint density at radius 1 is 1.33 bits per heavy atom. The van der Waals surface area contributed by atoms with Crippen molar-refractivity contribution in [2.24, 2.45) is 5.41 Å². The lowest BCUT2D eigenvalue weighted by Crippen LogP contribution is -2.31. The average Bonchev–Trinajstić information content (AvgIpc) is 2.41. The molecular formula is C14H23N3O4. The summed E-state index contributed by atoms with van der Waals surface area (Å²) in [6.07, 6.45) is 1.27. The van der Waals surface area contributed by atoms with Gasteiger partial charge < -0.3 is 19.9 Å². The van der Waals surface area contributed by atoms with Crippen LogP contribution in [0.4, 0.5) is 5.82 Å². The number of aliphatic carboxylic acids is 1. The van der Waals surface area contributed by atoms with E-state index in [9.17, 15) is 9.90 Å². The molecule has 118 valence electrons. The first-order chi connectivity index (χ1) is 9.75. The highest BCUT2D eigenvalue weighted by molar-refractivity contribution is 5.76. The van der Waals surface area contributed by atoms with Gasteiger partial charge in [-0.2, -0.15) is 9.97 Å². The van der Waals surface area contributed by atoms with E-state index in [1.54, 1.807) is 0 Å². The first-order valence-corrected chi connectivity index (χ1v) is 6.71. The number of anilines is 1. The third-order valence-electron chi connectivity index (χ3n) is 2.88. The molecule has 7 nitrogen and oxygen atoms in total. The van der Waals surface area contributed by atoms with Gasteiger partial charge in [0.15, 0.2) is 0 Å². The van der Waals surface area contributed by atoms with Crippen LogP contribution in [0.5, 0.6) is 11.9 Å². The molecule has 0 amide bonds. The fourth-order valence-electron chi connectivity index (χ4n) is 1.69. The van der Waals surface area contributed by atoms with Crippen molar-refractivity contribution in [3.8, 4) is 11.9 Å². The summed E-state index contributed by atoms with van der Waals surface area (Å²) >= 11 is 0. The van der Waals surface area contributed by atoms with E-state index in [0.717, 1.165) is 6.42 Å². The Bertz CT molecular complexity index is 463. The number of nitrogens with zero attached hydrogens (tertiary/aromatic N) is 2. The molecule has 0 aliphatic rings. The number of nitrogens with one attached hydrogen (secondary N) is 1. The van der Waals surface area contributed by atoms with Crippen LogP contribution in [0, 0.1) is 5.41 Å². The van der Waals surface area contributed by atoms with Gasteiger partial charge in [0.1, 0.15) is 11.9 Å². The van der Waals surface area contributed by atoms with Gasteiger partial charge in [-0.1, -0.05) is 20.8 Å². The summed E-state index contributed by atoms with van der Waals surface area (Å²) in [6, 6.07) is 0.931. The quantitative estimate of drug-likeness (QED) is 0.796. The third-order valence-corrected chi connectivity index (χ3v) is 2.88. The molecule has 1 atom stereocenters. The molecule has 1 aromatic rings. The maximum Gasteiger partial charge on any atom is 0.326 e. The van der Waals surface area contributed by atoms with Gasteiger partial charge in [-0.15, -0.1) is 0 Å². The van der Waals surface area contributed by atoms with E-state index in [0.29, 0.717) is 18.1 Å². The highest BCUT2D eigenvalue weighted by Crippen LogP contribution is 2.24. The van der Waals surface area contributed by atoms with E-state index in [4.69, 9.17) is 9.47 Å². The summed E-state index contributed by atoms with van der Waals surface area (Å²) in [5.74, 6) is -0.250. The molecule has 0 spiro atoms. The maximum atomic E-state index is 11.4. The lowest BCUT2D eigenvalue weighted by Gasteiger charge is -2.22. The van der Waals surface area contributed by atoms with Gasteiger partial charge in [-0.3, -0.25) is 0 Å². The van der Waals surface area contributed by atoms with Crippen LogP contribution < -0.4 is 14.8 Å². The molecule has 0 fully saturated rings. The van der Waals surface area contributed by atoms with Crippen molar-refractivity contribution < 1.29 is 19.4 Å². The Morgan fingerprint density at radius 2 is 2.00 bits per heavy atom. The van der Waals surface area contributed by atoms with Crippen LogP contribution in [-0.2, 0) is 4.79 Å². The van der Waals surface area contributed by atoms with Gasteiger partial charge in [-0.05, 0) is 18.3 Å². The number of carbonyl (C=O) groups is 1. The summed E-state index contributed by atoms with van der Waals surface area (Å²) < 4.78 is 10.00. The van der Waals surface area contributed by atoms with E-state index in [1.807, 2.05) is 0 Å². The minimum Gasteiger partial charge on any atom is -0.481 e. The fourth-order valence-corrected chi connectivity index (χ4v) is 1.69. The predicted molar refractivity (Wildman–Crippen MR) is 78.9 cm³/mol. The van der Waals surface area contributed by atoms with E-state index >= 15 is 0 Å². The van der Waals surface area contributed by atoms with E-state index < -0.39 is 12.0 Å². The molecule has 21 heavy (non-hydrogen) atoms. The zero-order valence-electron chi connectivity index (χ0n) is 13.1. The summed E-state index contributed by atoms with van der Waals surface area (Å²) in [7, 11) is 2.91. The molecule has 1 rings (SSSR count). The highest BCUT2D eigenvalue weighted by Gasteiger charge is 2.22. The lowest BCUT2D eigenvalue weighted by molar-refractivity contribution is -0.138. The highest BCUT2D eigenvalue weighted by atomic mass is 16.5. The number of hydrogen-bond acceptors (Lipinski definition) is 6. The maximum absolute atomic E-state index is 11.4. The van der Waals surface area contributed by atoms with Gasteiger partial charge in [0.25, 0.3) is 0 Å². The van der Waals surface area contributed by atoms with E-state index in [1.165, 1.54) is 20.3 Å². The zero-order chi connectivity index (χ0) is 16.0. The largest absolute Gasteiger partial charge is 0.481 e. The van der Waals surface area contributed by atoms with Gasteiger partial charge in [0.05, 0.1) is 14.2 Å². The standard InChI is InChI=1S/C14H23N3O4/c1-14(2,3)7-6-9(12(18)19)15-10-8-11(20-4)17-13(16-10)21-5/h8-9H,6-7H2,1-5H3,(H,18,19)(H,15,16,17)/t9-/m0/s1. The first kappa shape index (κ1) is 17.0. The molecule has 0 radical (unpaired) electrons. The minimum atomic E-state index is -0.921. The molecule has 0 saturated carbocycles. The Hall–Kier alpha value is -2.05. The van der Waals surface area contributed by atoms with E-state index in [2.05, 4.69) is 36.1 Å². The molecule has 0 saturated heterocycles. The van der Waals surface area contributed by atoms with Gasteiger partial charge in [0.2, 0.25) is 5.88 Å². The Labute approximate surface area is 124 Å². The first-order valence-electron chi connectivity index (χ1n) is 6.71. The van der Waals surface area contributed by atoms with Crippen molar-refractivity contribution in [1.29, 1.82) is 0 Å². The van der Waals surface area contributed by atoms with Crippen molar-refractivity contribution in [2.45, 2.75) is 39.7 Å². The number of carboxylic acid groups (broad SMARTS) is 1. The third kappa shape index (κ3) is 5.85. The topological polar surface area (TPSA) is 93.6 Å². The van der Waals surface area contributed by atoms with Gasteiger partial charge >= 0.3 is 12.0 Å². The molecule has 0 aliphatic carbocycles. The number of hydrogen-bond donors (Lipinski definition) is 2. The van der Waals surface area contributed by atoms with Crippen LogP contribution in [0.2, 0.25) is 0 Å². The second-order valence-electron chi connectivity index (χ2n) is 5.92. The number of aromatic nitrogens is 2. The van der Waals surface area contributed by atoms with Crippen LogP contribution >= 0.6 is 0 Å². The predicted octanol–water partition coefficient (Wildman–Crippen LogP) is 2.19. The Morgan fingerprint density at radius 3 is 2.48 bits per heavy atom. The summed E-state index contributed by atoms with van der Waals surface area (Å²) in [4.78, 5) is 19.4. The SMILES string of the molecule is COc1cc(N[C@@H](CCC(C)(C)C)C(=O)O)nc(OC)n1. The van der Waals surface area contributed by atoms with Crippen LogP contribution in [0.25, 0.3) is 0 Å². The number of methoxy groups -OCH3 is 2. The summed E-state index contributed by atoms with van der Waals surface area (Å²) in [6.45, 7) is 6.22.